The van der Waals surface area contributed by atoms with Crippen molar-refractivity contribution in [3.05, 3.63) is 29.8 Å². The summed E-state index contributed by atoms with van der Waals surface area (Å²) in [5.41, 5.74) is 0.854. The van der Waals surface area contributed by atoms with Crippen LogP contribution in [0.15, 0.2) is 29.3 Å². The molecule has 172 valence electrons. The van der Waals surface area contributed by atoms with E-state index in [-0.39, 0.29) is 35.1 Å². The molecule has 0 heterocycles. The third kappa shape index (κ3) is 9.28. The van der Waals surface area contributed by atoms with Gasteiger partial charge in [-0.15, -0.1) is 24.0 Å². The Labute approximate surface area is 194 Å². The van der Waals surface area contributed by atoms with Crippen LogP contribution in [0.25, 0.3) is 0 Å². The van der Waals surface area contributed by atoms with Gasteiger partial charge in [-0.1, -0.05) is 31.0 Å². The van der Waals surface area contributed by atoms with Gasteiger partial charge in [-0.05, 0) is 37.7 Å². The second-order valence-electron chi connectivity index (χ2n) is 7.44. The quantitative estimate of drug-likeness (QED) is 0.191. The van der Waals surface area contributed by atoms with Crippen LogP contribution in [0.1, 0.15) is 44.6 Å². The van der Waals surface area contributed by atoms with Crippen molar-refractivity contribution in [2.45, 2.75) is 51.7 Å². The Morgan fingerprint density at radius 2 is 1.87 bits per heavy atom. The Morgan fingerprint density at radius 3 is 2.50 bits per heavy atom. The molecule has 5 nitrogen and oxygen atoms in total. The molecule has 1 aliphatic carbocycles. The number of guanidine groups is 1. The van der Waals surface area contributed by atoms with Crippen molar-refractivity contribution in [2.75, 3.05) is 33.4 Å². The number of nitrogens with zero attached hydrogens (tertiary/aromatic N) is 1. The molecule has 0 atom stereocenters. The lowest BCUT2D eigenvalue weighted by Crippen LogP contribution is -2.43. The highest BCUT2D eigenvalue weighted by Gasteiger charge is 2.33. The Balaban J connectivity index is 0.00000450. The van der Waals surface area contributed by atoms with Crippen LogP contribution in [0.4, 0.5) is 13.2 Å². The molecule has 30 heavy (non-hydrogen) atoms. The lowest BCUT2D eigenvalue weighted by atomic mass is 9.83. The maximum atomic E-state index is 12.5. The van der Waals surface area contributed by atoms with Crippen molar-refractivity contribution in [1.82, 2.24) is 10.6 Å². The highest BCUT2D eigenvalue weighted by molar-refractivity contribution is 14.0. The SMILES string of the molecule is CCOCCC1(CNC(=NC)NCc2ccccc2OCC(F)(F)F)CCCC1.I. The summed E-state index contributed by atoms with van der Waals surface area (Å²) in [5.74, 6) is 0.843. The van der Waals surface area contributed by atoms with Gasteiger partial charge >= 0.3 is 6.18 Å². The van der Waals surface area contributed by atoms with E-state index >= 15 is 0 Å². The summed E-state index contributed by atoms with van der Waals surface area (Å²) in [7, 11) is 1.68. The lowest BCUT2D eigenvalue weighted by Gasteiger charge is -2.30. The average Bonchev–Trinajstić information content (AvgIpc) is 3.16. The molecule has 1 saturated carbocycles. The topological polar surface area (TPSA) is 54.9 Å². The Morgan fingerprint density at radius 1 is 1.17 bits per heavy atom. The van der Waals surface area contributed by atoms with Crippen LogP contribution in [-0.4, -0.2) is 45.5 Å². The van der Waals surface area contributed by atoms with Crippen molar-refractivity contribution in [3.8, 4) is 5.75 Å². The number of rotatable bonds is 10. The van der Waals surface area contributed by atoms with Crippen LogP contribution in [0, 0.1) is 5.41 Å². The number of benzene rings is 1. The molecule has 1 aromatic carbocycles. The third-order valence-corrected chi connectivity index (χ3v) is 5.31. The Hall–Kier alpha value is -1.23. The fraction of sp³-hybridized carbons (Fsp3) is 0.667. The Kier molecular flexibility index (Phi) is 11.8. The van der Waals surface area contributed by atoms with E-state index in [1.54, 1.807) is 31.3 Å². The fourth-order valence-corrected chi connectivity index (χ4v) is 3.69. The van der Waals surface area contributed by atoms with Crippen LogP contribution in [0.2, 0.25) is 0 Å². The molecule has 0 radical (unpaired) electrons. The van der Waals surface area contributed by atoms with Crippen molar-refractivity contribution in [3.63, 3.8) is 0 Å². The summed E-state index contributed by atoms with van der Waals surface area (Å²) in [6, 6.07) is 6.71. The zero-order chi connectivity index (χ0) is 21.2. The van der Waals surface area contributed by atoms with Gasteiger partial charge in [0, 0.05) is 38.9 Å². The van der Waals surface area contributed by atoms with Gasteiger partial charge in [0.15, 0.2) is 12.6 Å². The molecular formula is C21H33F3IN3O2. The van der Waals surface area contributed by atoms with E-state index in [1.807, 2.05) is 6.92 Å². The zero-order valence-corrected chi connectivity index (χ0v) is 20.0. The Bertz CT molecular complexity index is 651. The number of halogens is 4. The van der Waals surface area contributed by atoms with Gasteiger partial charge < -0.3 is 20.1 Å². The van der Waals surface area contributed by atoms with Gasteiger partial charge in [-0.3, -0.25) is 4.99 Å². The predicted molar refractivity (Wildman–Crippen MR) is 124 cm³/mol. The van der Waals surface area contributed by atoms with E-state index in [0.29, 0.717) is 18.1 Å². The second kappa shape index (κ2) is 13.2. The highest BCUT2D eigenvalue weighted by Crippen LogP contribution is 2.40. The molecule has 0 spiro atoms. The largest absolute Gasteiger partial charge is 0.484 e. The molecule has 0 aromatic heterocycles. The summed E-state index contributed by atoms with van der Waals surface area (Å²) in [4.78, 5) is 4.25. The summed E-state index contributed by atoms with van der Waals surface area (Å²) in [6.07, 6.45) is 1.43. The van der Waals surface area contributed by atoms with Crippen LogP contribution < -0.4 is 15.4 Å². The molecule has 0 saturated heterocycles. The molecule has 9 heteroatoms. The van der Waals surface area contributed by atoms with Gasteiger partial charge in [-0.25, -0.2) is 0 Å². The minimum absolute atomic E-state index is 0. The molecular weight excluding hydrogens is 510 g/mol. The van der Waals surface area contributed by atoms with Crippen molar-refractivity contribution in [2.24, 2.45) is 10.4 Å². The van der Waals surface area contributed by atoms with E-state index in [2.05, 4.69) is 15.6 Å². The van der Waals surface area contributed by atoms with E-state index in [0.717, 1.165) is 39.0 Å². The van der Waals surface area contributed by atoms with Gasteiger partial charge in [0.25, 0.3) is 0 Å². The van der Waals surface area contributed by atoms with E-state index < -0.39 is 12.8 Å². The van der Waals surface area contributed by atoms with E-state index in [4.69, 9.17) is 9.47 Å². The maximum absolute atomic E-state index is 12.5. The molecule has 1 fully saturated rings. The first-order valence-corrected chi connectivity index (χ1v) is 10.2. The first-order chi connectivity index (χ1) is 13.9. The summed E-state index contributed by atoms with van der Waals surface area (Å²) in [6.45, 7) is 3.29. The van der Waals surface area contributed by atoms with Crippen molar-refractivity contribution < 1.29 is 22.6 Å². The van der Waals surface area contributed by atoms with Gasteiger partial charge in [0.1, 0.15) is 5.75 Å². The normalized spacial score (nSPS) is 16.1. The molecule has 2 N–H and O–H groups in total. The molecule has 0 unspecified atom stereocenters. The number of nitrogens with one attached hydrogen (secondary N) is 2. The number of ether oxygens (including phenoxy) is 2. The number of hydrogen-bond donors (Lipinski definition) is 2. The fourth-order valence-electron chi connectivity index (χ4n) is 3.69. The number of aliphatic imine (C=N–C) groups is 1. The molecule has 0 bridgehead atoms. The zero-order valence-electron chi connectivity index (χ0n) is 17.7. The minimum atomic E-state index is -4.37. The first kappa shape index (κ1) is 26.8. The van der Waals surface area contributed by atoms with Crippen molar-refractivity contribution in [1.29, 1.82) is 0 Å². The van der Waals surface area contributed by atoms with E-state index in [1.165, 1.54) is 12.8 Å². The number of para-hydroxylation sites is 1. The number of hydrogen-bond acceptors (Lipinski definition) is 3. The van der Waals surface area contributed by atoms with Crippen LogP contribution >= 0.6 is 24.0 Å². The minimum Gasteiger partial charge on any atom is -0.484 e. The summed E-state index contributed by atoms with van der Waals surface area (Å²) in [5, 5.41) is 6.57. The van der Waals surface area contributed by atoms with Crippen LogP contribution in [0.5, 0.6) is 5.75 Å². The van der Waals surface area contributed by atoms with E-state index in [9.17, 15) is 13.2 Å². The maximum Gasteiger partial charge on any atom is 0.422 e. The summed E-state index contributed by atoms with van der Waals surface area (Å²) >= 11 is 0. The molecule has 1 aliphatic rings. The van der Waals surface area contributed by atoms with Gasteiger partial charge in [-0.2, -0.15) is 13.2 Å². The smallest absolute Gasteiger partial charge is 0.422 e. The van der Waals surface area contributed by atoms with Gasteiger partial charge in [0.05, 0.1) is 0 Å². The van der Waals surface area contributed by atoms with Crippen molar-refractivity contribution >= 4 is 29.9 Å². The number of alkyl halides is 3. The molecule has 2 rings (SSSR count). The first-order valence-electron chi connectivity index (χ1n) is 10.2. The lowest BCUT2D eigenvalue weighted by molar-refractivity contribution is -0.153. The molecule has 0 aliphatic heterocycles. The van der Waals surface area contributed by atoms with Gasteiger partial charge in [0.2, 0.25) is 0 Å². The predicted octanol–water partition coefficient (Wildman–Crippen LogP) is 4.90. The van der Waals surface area contributed by atoms with Crippen LogP contribution in [0.3, 0.4) is 0 Å². The molecule has 1 aromatic rings. The molecule has 0 amide bonds. The highest BCUT2D eigenvalue weighted by atomic mass is 127. The second-order valence-corrected chi connectivity index (χ2v) is 7.44. The van der Waals surface area contributed by atoms with Crippen LogP contribution in [-0.2, 0) is 11.3 Å². The summed E-state index contributed by atoms with van der Waals surface area (Å²) < 4.78 is 47.9. The average molecular weight is 543 g/mol. The monoisotopic (exact) mass is 543 g/mol. The third-order valence-electron chi connectivity index (χ3n) is 5.31. The standard InChI is InChI=1S/C21H32F3N3O2.HI/c1-3-28-13-12-20(10-6-7-11-20)15-27-19(25-2)26-14-17-8-4-5-9-18(17)29-16-21(22,23)24;/h4-5,8-9H,3,6-7,10-16H2,1-2H3,(H2,25,26,27);1H.